The van der Waals surface area contributed by atoms with Crippen LogP contribution in [0.2, 0.25) is 0 Å². The van der Waals surface area contributed by atoms with Gasteiger partial charge in [-0.25, -0.2) is 4.79 Å². The molecule has 0 radical (unpaired) electrons. The molecule has 25 heavy (non-hydrogen) atoms. The minimum atomic E-state index is -0.367. The first-order chi connectivity index (χ1) is 12.0. The van der Waals surface area contributed by atoms with Gasteiger partial charge in [0.05, 0.1) is 10.9 Å². The highest BCUT2D eigenvalue weighted by molar-refractivity contribution is 6.05. The highest BCUT2D eigenvalue weighted by atomic mass is 16.5. The Labute approximate surface area is 145 Å². The number of hydrogen-bond acceptors (Lipinski definition) is 4. The van der Waals surface area contributed by atoms with Gasteiger partial charge in [-0.15, -0.1) is 0 Å². The Morgan fingerprint density at radius 1 is 1.04 bits per heavy atom. The van der Waals surface area contributed by atoms with Crippen LogP contribution in [0.5, 0.6) is 5.75 Å². The predicted octanol–water partition coefficient (Wildman–Crippen LogP) is 1.84. The minimum absolute atomic E-state index is 0.170. The van der Waals surface area contributed by atoms with Crippen molar-refractivity contribution in [1.29, 1.82) is 0 Å². The Morgan fingerprint density at radius 3 is 2.44 bits per heavy atom. The van der Waals surface area contributed by atoms with E-state index >= 15 is 0 Å². The van der Waals surface area contributed by atoms with Gasteiger partial charge in [-0.1, -0.05) is 18.2 Å². The zero-order valence-corrected chi connectivity index (χ0v) is 14.4. The first kappa shape index (κ1) is 16.1. The molecule has 5 nitrogen and oxygen atoms in total. The molecule has 1 aliphatic rings. The van der Waals surface area contributed by atoms with E-state index in [1.165, 1.54) is 4.90 Å². The van der Waals surface area contributed by atoms with Gasteiger partial charge in [0.15, 0.2) is 5.58 Å². The number of morpholine rings is 1. The monoisotopic (exact) mass is 340 g/mol. The van der Waals surface area contributed by atoms with Crippen molar-refractivity contribution >= 4 is 21.7 Å². The summed E-state index contributed by atoms with van der Waals surface area (Å²) in [5, 5.41) is 12.7. The predicted molar refractivity (Wildman–Crippen MR) is 96.1 cm³/mol. The lowest BCUT2D eigenvalue weighted by Gasteiger charge is -2.32. The van der Waals surface area contributed by atoms with E-state index in [0.29, 0.717) is 23.1 Å². The van der Waals surface area contributed by atoms with Crippen LogP contribution >= 0.6 is 0 Å². The maximum Gasteiger partial charge on any atom is 0.344 e. The zero-order valence-electron chi connectivity index (χ0n) is 14.4. The summed E-state index contributed by atoms with van der Waals surface area (Å²) < 4.78 is 11.4. The molecule has 1 aromatic heterocycles. The molecular formula is C20H22NO4+. The first-order valence-electron chi connectivity index (χ1n) is 8.68. The molecule has 130 valence electrons. The average Bonchev–Trinajstić information content (AvgIpc) is 2.57. The third kappa shape index (κ3) is 2.90. The van der Waals surface area contributed by atoms with Gasteiger partial charge in [0.1, 0.15) is 37.6 Å². The van der Waals surface area contributed by atoms with Crippen LogP contribution in [0.3, 0.4) is 0 Å². The van der Waals surface area contributed by atoms with E-state index in [-0.39, 0.29) is 23.6 Å². The van der Waals surface area contributed by atoms with Gasteiger partial charge in [0.25, 0.3) is 0 Å². The number of quaternary nitrogens is 1. The van der Waals surface area contributed by atoms with Crippen molar-refractivity contribution in [2.75, 3.05) is 13.1 Å². The number of phenolic OH excluding ortho intramolecular Hbond substituents is 1. The minimum Gasteiger partial charge on any atom is -0.507 e. The SMILES string of the molecule is CC1C[NH+](Cc2c(O)ccc3c2oc(=O)c2ccccc23)CC(C)O1. The molecule has 0 spiro atoms. The summed E-state index contributed by atoms with van der Waals surface area (Å²) in [5.41, 5.74) is 0.813. The van der Waals surface area contributed by atoms with E-state index in [1.54, 1.807) is 12.1 Å². The van der Waals surface area contributed by atoms with Crippen molar-refractivity contribution < 1.29 is 19.2 Å². The molecule has 1 saturated heterocycles. The molecule has 2 unspecified atom stereocenters. The van der Waals surface area contributed by atoms with E-state index < -0.39 is 0 Å². The summed E-state index contributed by atoms with van der Waals surface area (Å²) in [5.74, 6) is 0.172. The van der Waals surface area contributed by atoms with Gasteiger partial charge in [0, 0.05) is 5.39 Å². The zero-order chi connectivity index (χ0) is 17.6. The summed E-state index contributed by atoms with van der Waals surface area (Å²) in [4.78, 5) is 13.7. The molecule has 2 heterocycles. The molecule has 5 heteroatoms. The Morgan fingerprint density at radius 2 is 1.72 bits per heavy atom. The van der Waals surface area contributed by atoms with E-state index in [4.69, 9.17) is 9.15 Å². The number of fused-ring (bicyclic) bond motifs is 3. The van der Waals surface area contributed by atoms with Crippen molar-refractivity contribution in [2.24, 2.45) is 0 Å². The van der Waals surface area contributed by atoms with E-state index in [0.717, 1.165) is 23.9 Å². The summed E-state index contributed by atoms with van der Waals surface area (Å²) in [6.45, 7) is 6.44. The van der Waals surface area contributed by atoms with Crippen LogP contribution in [-0.4, -0.2) is 30.4 Å². The highest BCUT2D eigenvalue weighted by Gasteiger charge is 2.27. The molecule has 0 amide bonds. The van der Waals surface area contributed by atoms with Crippen LogP contribution < -0.4 is 10.5 Å². The van der Waals surface area contributed by atoms with Crippen molar-refractivity contribution in [3.8, 4) is 5.75 Å². The molecule has 2 atom stereocenters. The number of phenols is 1. The summed E-state index contributed by atoms with van der Waals surface area (Å²) in [6.07, 6.45) is 0.340. The van der Waals surface area contributed by atoms with Crippen LogP contribution in [0.4, 0.5) is 0 Å². The van der Waals surface area contributed by atoms with Crippen molar-refractivity contribution in [3.05, 3.63) is 52.4 Å². The fraction of sp³-hybridized carbons (Fsp3) is 0.350. The van der Waals surface area contributed by atoms with Gasteiger partial charge in [-0.3, -0.25) is 0 Å². The molecule has 0 bridgehead atoms. The molecular weight excluding hydrogens is 318 g/mol. The third-order valence-corrected chi connectivity index (χ3v) is 4.91. The maximum atomic E-state index is 12.4. The summed E-state index contributed by atoms with van der Waals surface area (Å²) in [7, 11) is 0. The second-order valence-electron chi connectivity index (χ2n) is 6.97. The van der Waals surface area contributed by atoms with Crippen molar-refractivity contribution in [2.45, 2.75) is 32.6 Å². The van der Waals surface area contributed by atoms with E-state index in [9.17, 15) is 9.90 Å². The summed E-state index contributed by atoms with van der Waals surface area (Å²) >= 11 is 0. The lowest BCUT2D eigenvalue weighted by atomic mass is 10.0. The number of aromatic hydroxyl groups is 1. The van der Waals surface area contributed by atoms with E-state index in [2.05, 4.69) is 13.8 Å². The lowest BCUT2D eigenvalue weighted by molar-refractivity contribution is -0.928. The van der Waals surface area contributed by atoms with Gasteiger partial charge in [-0.05, 0) is 37.4 Å². The second-order valence-corrected chi connectivity index (χ2v) is 6.97. The topological polar surface area (TPSA) is 64.1 Å². The number of nitrogens with one attached hydrogen (secondary N) is 1. The molecule has 1 aliphatic heterocycles. The molecule has 0 saturated carbocycles. The average molecular weight is 340 g/mol. The van der Waals surface area contributed by atoms with Crippen LogP contribution in [0.15, 0.2) is 45.6 Å². The molecule has 2 N–H and O–H groups in total. The fourth-order valence-corrected chi connectivity index (χ4v) is 3.94. The standard InChI is InChI=1S/C20H21NO4/c1-12-9-21(10-13(2)24-12)11-17-18(22)8-7-15-14-5-3-4-6-16(14)20(23)25-19(15)17/h3-8,12-13,22H,9-11H2,1-2H3/p+1. The third-order valence-electron chi connectivity index (χ3n) is 4.91. The smallest absolute Gasteiger partial charge is 0.344 e. The molecule has 0 aliphatic carbocycles. The van der Waals surface area contributed by atoms with Crippen LogP contribution in [0.1, 0.15) is 19.4 Å². The normalized spacial score (nSPS) is 24.0. The Bertz CT molecular complexity index is 984. The fourth-order valence-electron chi connectivity index (χ4n) is 3.94. The Kier molecular flexibility index (Phi) is 3.98. The number of hydrogen-bond donors (Lipinski definition) is 2. The molecule has 2 aromatic carbocycles. The lowest BCUT2D eigenvalue weighted by Crippen LogP contribution is -3.14. The van der Waals surface area contributed by atoms with Crippen molar-refractivity contribution in [3.63, 3.8) is 0 Å². The van der Waals surface area contributed by atoms with Gasteiger partial charge in [0.2, 0.25) is 0 Å². The largest absolute Gasteiger partial charge is 0.507 e. The van der Waals surface area contributed by atoms with Crippen molar-refractivity contribution in [1.82, 2.24) is 0 Å². The van der Waals surface area contributed by atoms with Crippen LogP contribution in [0.25, 0.3) is 21.7 Å². The number of rotatable bonds is 2. The van der Waals surface area contributed by atoms with E-state index in [1.807, 2.05) is 24.3 Å². The van der Waals surface area contributed by atoms with Gasteiger partial charge in [-0.2, -0.15) is 0 Å². The van der Waals surface area contributed by atoms with Gasteiger partial charge < -0.3 is 19.2 Å². The number of benzene rings is 2. The Balaban J connectivity index is 1.86. The molecule has 1 fully saturated rings. The highest BCUT2D eigenvalue weighted by Crippen LogP contribution is 2.30. The summed E-state index contributed by atoms with van der Waals surface area (Å²) in [6, 6.07) is 10.9. The molecule has 3 aromatic rings. The van der Waals surface area contributed by atoms with Crippen LogP contribution in [0, 0.1) is 0 Å². The maximum absolute atomic E-state index is 12.4. The number of ether oxygens (including phenoxy) is 1. The second kappa shape index (κ2) is 6.17. The molecule has 4 rings (SSSR count). The van der Waals surface area contributed by atoms with Gasteiger partial charge >= 0.3 is 5.63 Å². The quantitative estimate of drug-likeness (QED) is 0.552. The van der Waals surface area contributed by atoms with Crippen LogP contribution in [-0.2, 0) is 11.3 Å². The first-order valence-corrected chi connectivity index (χ1v) is 8.68. The Hall–Kier alpha value is -2.37.